The number of rotatable bonds is 2. The van der Waals surface area contributed by atoms with Crippen molar-refractivity contribution in [2.24, 2.45) is 0 Å². The van der Waals surface area contributed by atoms with Gasteiger partial charge < -0.3 is 14.2 Å². The van der Waals surface area contributed by atoms with E-state index in [-0.39, 0.29) is 22.8 Å². The summed E-state index contributed by atoms with van der Waals surface area (Å²) in [5, 5.41) is 0. The van der Waals surface area contributed by atoms with Gasteiger partial charge in [-0.2, -0.15) is 0 Å². The third-order valence-electron chi connectivity index (χ3n) is 4.32. The lowest BCUT2D eigenvalue weighted by atomic mass is 10.0. The molecule has 1 aliphatic heterocycles. The molecule has 1 aromatic carbocycles. The van der Waals surface area contributed by atoms with E-state index in [4.69, 9.17) is 14.2 Å². The van der Waals surface area contributed by atoms with Crippen LogP contribution in [0.4, 0.5) is 0 Å². The summed E-state index contributed by atoms with van der Waals surface area (Å²) in [7, 11) is 0. The van der Waals surface area contributed by atoms with Gasteiger partial charge in [0.05, 0.1) is 6.10 Å². The van der Waals surface area contributed by atoms with Crippen LogP contribution >= 0.6 is 0 Å². The first kappa shape index (κ1) is 22.3. The zero-order valence-electron chi connectivity index (χ0n) is 17.0. The molecule has 7 nitrogen and oxygen atoms in total. The van der Waals surface area contributed by atoms with Crippen LogP contribution in [0.5, 0.6) is 11.5 Å². The Morgan fingerprint density at radius 3 is 2.41 bits per heavy atom. The molecule has 1 aromatic rings. The number of esters is 3. The Kier molecular flexibility index (Phi) is 8.12. The minimum atomic E-state index is -0.647. The molecule has 1 heterocycles. The highest BCUT2D eigenvalue weighted by Gasteiger charge is 2.23. The van der Waals surface area contributed by atoms with Crippen molar-refractivity contribution in [3.8, 4) is 11.5 Å². The second-order valence-electron chi connectivity index (χ2n) is 7.01. The van der Waals surface area contributed by atoms with Crippen LogP contribution in [0.3, 0.4) is 0 Å². The van der Waals surface area contributed by atoms with E-state index >= 15 is 0 Å². The molecule has 0 aromatic heterocycles. The molecule has 0 bridgehead atoms. The number of allylic oxidation sites excluding steroid dienone is 1. The second kappa shape index (κ2) is 10.5. The molecule has 0 spiro atoms. The fourth-order valence-electron chi connectivity index (χ4n) is 3.06. The fourth-order valence-corrected chi connectivity index (χ4v) is 3.06. The smallest absolute Gasteiger partial charge is 0.342 e. The van der Waals surface area contributed by atoms with E-state index in [2.05, 4.69) is 0 Å². The number of benzene rings is 1. The SMILES string of the molecule is CC(=O)Oc1cc2c(c(OC(C)=O)c1)C(=O)O[C@@H](C)CCCC(=O)CCC/C=C/2. The maximum Gasteiger partial charge on any atom is 0.342 e. The quantitative estimate of drug-likeness (QED) is 0.544. The van der Waals surface area contributed by atoms with Crippen molar-refractivity contribution in [3.05, 3.63) is 29.3 Å². The molecule has 0 aliphatic carbocycles. The van der Waals surface area contributed by atoms with Crippen molar-refractivity contribution in [1.29, 1.82) is 0 Å². The van der Waals surface area contributed by atoms with Crippen LogP contribution in [0.1, 0.15) is 75.2 Å². The summed E-state index contributed by atoms with van der Waals surface area (Å²) >= 11 is 0. The maximum absolute atomic E-state index is 12.9. The number of carbonyl (C=O) groups excluding carboxylic acids is 4. The highest BCUT2D eigenvalue weighted by Crippen LogP contribution is 2.32. The molecule has 0 fully saturated rings. The summed E-state index contributed by atoms with van der Waals surface area (Å²) in [6, 6.07) is 2.84. The Bertz CT molecular complexity index is 823. The van der Waals surface area contributed by atoms with Crippen LogP contribution in [-0.4, -0.2) is 29.8 Å². The van der Waals surface area contributed by atoms with Crippen LogP contribution in [0.25, 0.3) is 6.08 Å². The molecule has 2 rings (SSSR count). The zero-order chi connectivity index (χ0) is 21.4. The fraction of sp³-hybridized carbons (Fsp3) is 0.455. The normalized spacial score (nSPS) is 19.3. The second-order valence-corrected chi connectivity index (χ2v) is 7.01. The van der Waals surface area contributed by atoms with E-state index in [1.165, 1.54) is 26.0 Å². The van der Waals surface area contributed by atoms with Gasteiger partial charge in [-0.25, -0.2) is 4.79 Å². The molecule has 1 atom stereocenters. The Morgan fingerprint density at radius 2 is 1.72 bits per heavy atom. The molecule has 7 heteroatoms. The number of fused-ring (bicyclic) bond motifs is 1. The monoisotopic (exact) mass is 402 g/mol. The first-order valence-electron chi connectivity index (χ1n) is 9.70. The van der Waals surface area contributed by atoms with E-state index in [1.54, 1.807) is 13.0 Å². The summed E-state index contributed by atoms with van der Waals surface area (Å²) < 4.78 is 15.9. The number of ether oxygens (including phenoxy) is 3. The molecule has 0 amide bonds. The van der Waals surface area contributed by atoms with Gasteiger partial charge in [0.25, 0.3) is 0 Å². The lowest BCUT2D eigenvalue weighted by Crippen LogP contribution is -2.18. The average molecular weight is 402 g/mol. The number of hydrogen-bond donors (Lipinski definition) is 0. The van der Waals surface area contributed by atoms with Crippen molar-refractivity contribution in [2.45, 2.75) is 65.4 Å². The molecular weight excluding hydrogens is 376 g/mol. The standard InChI is InChI=1S/C22H26O7/c1-14-8-7-11-18(25)10-6-4-5-9-17-12-19(28-15(2)23)13-20(29-16(3)24)21(17)22(26)27-14/h5,9,12-14H,4,6-8,10-11H2,1-3H3/b9-5+/t14-/m0/s1. The topological polar surface area (TPSA) is 96.0 Å². The van der Waals surface area contributed by atoms with Gasteiger partial charge in [-0.1, -0.05) is 12.2 Å². The largest absolute Gasteiger partial charge is 0.459 e. The predicted molar refractivity (Wildman–Crippen MR) is 106 cm³/mol. The first-order valence-corrected chi connectivity index (χ1v) is 9.70. The van der Waals surface area contributed by atoms with Crippen LogP contribution in [0.15, 0.2) is 18.2 Å². The molecule has 156 valence electrons. The van der Waals surface area contributed by atoms with E-state index in [1.807, 2.05) is 6.08 Å². The molecule has 1 aliphatic rings. The van der Waals surface area contributed by atoms with Gasteiger partial charge >= 0.3 is 17.9 Å². The van der Waals surface area contributed by atoms with Crippen molar-refractivity contribution in [2.75, 3.05) is 0 Å². The van der Waals surface area contributed by atoms with Gasteiger partial charge in [0.2, 0.25) is 0 Å². The van der Waals surface area contributed by atoms with Crippen molar-refractivity contribution < 1.29 is 33.4 Å². The van der Waals surface area contributed by atoms with Gasteiger partial charge in [0, 0.05) is 32.8 Å². The van der Waals surface area contributed by atoms with Crippen LogP contribution < -0.4 is 9.47 Å². The average Bonchev–Trinajstić information content (AvgIpc) is 2.59. The Balaban J connectivity index is 2.50. The van der Waals surface area contributed by atoms with Crippen LogP contribution in [0, 0.1) is 0 Å². The minimum absolute atomic E-state index is 0.0321. The Morgan fingerprint density at radius 1 is 1.03 bits per heavy atom. The van der Waals surface area contributed by atoms with Gasteiger partial charge in [-0.3, -0.25) is 14.4 Å². The van der Waals surface area contributed by atoms with Gasteiger partial charge in [-0.05, 0) is 44.2 Å². The number of carbonyl (C=O) groups is 4. The van der Waals surface area contributed by atoms with E-state index in [0.717, 1.165) is 0 Å². The van der Waals surface area contributed by atoms with E-state index in [9.17, 15) is 19.2 Å². The third kappa shape index (κ3) is 7.18. The lowest BCUT2D eigenvalue weighted by Gasteiger charge is -2.17. The van der Waals surface area contributed by atoms with Crippen molar-refractivity contribution in [1.82, 2.24) is 0 Å². The lowest BCUT2D eigenvalue weighted by molar-refractivity contribution is -0.132. The summed E-state index contributed by atoms with van der Waals surface area (Å²) in [5.74, 6) is -1.49. The number of cyclic esters (lactones) is 1. The molecule has 0 N–H and O–H groups in total. The summed E-state index contributed by atoms with van der Waals surface area (Å²) in [5.41, 5.74) is 0.493. The van der Waals surface area contributed by atoms with Gasteiger partial charge in [-0.15, -0.1) is 0 Å². The summed E-state index contributed by atoms with van der Waals surface area (Å²) in [4.78, 5) is 47.7. The highest BCUT2D eigenvalue weighted by molar-refractivity contribution is 5.98. The summed E-state index contributed by atoms with van der Waals surface area (Å²) in [6.07, 6.45) is 6.58. The maximum atomic E-state index is 12.9. The van der Waals surface area contributed by atoms with Gasteiger partial charge in [0.15, 0.2) is 0 Å². The van der Waals surface area contributed by atoms with Crippen molar-refractivity contribution >= 4 is 29.8 Å². The highest BCUT2D eigenvalue weighted by atomic mass is 16.6. The first-order chi connectivity index (χ1) is 13.8. The van der Waals surface area contributed by atoms with Crippen LogP contribution in [-0.2, 0) is 19.1 Å². The van der Waals surface area contributed by atoms with Crippen molar-refractivity contribution in [3.63, 3.8) is 0 Å². The third-order valence-corrected chi connectivity index (χ3v) is 4.32. The molecule has 0 saturated heterocycles. The predicted octanol–water partition coefficient (Wildman–Crippen LogP) is 4.02. The minimum Gasteiger partial charge on any atom is -0.459 e. The zero-order valence-corrected chi connectivity index (χ0v) is 17.0. The van der Waals surface area contributed by atoms with E-state index < -0.39 is 24.0 Å². The molecule has 29 heavy (non-hydrogen) atoms. The number of Topliss-reactive ketones (excluding diaryl/α,β-unsaturated/α-hetero) is 1. The van der Waals surface area contributed by atoms with E-state index in [0.29, 0.717) is 44.1 Å². The molecule has 0 radical (unpaired) electrons. The number of ketones is 1. The molecule has 0 unspecified atom stereocenters. The van der Waals surface area contributed by atoms with Crippen LogP contribution in [0.2, 0.25) is 0 Å². The van der Waals surface area contributed by atoms with Gasteiger partial charge in [0.1, 0.15) is 22.8 Å². The number of hydrogen-bond acceptors (Lipinski definition) is 7. The molecular formula is C22H26O7. The Labute approximate surface area is 170 Å². The summed E-state index contributed by atoms with van der Waals surface area (Å²) in [6.45, 7) is 4.22. The molecule has 0 saturated carbocycles. The Hall–Kier alpha value is -2.96.